The van der Waals surface area contributed by atoms with Crippen LogP contribution < -0.4 is 5.32 Å². The molecule has 0 aromatic heterocycles. The zero-order valence-corrected chi connectivity index (χ0v) is 25.3. The highest BCUT2D eigenvalue weighted by Crippen LogP contribution is 2.22. The first-order chi connectivity index (χ1) is 22.8. The van der Waals surface area contributed by atoms with E-state index in [0.717, 1.165) is 0 Å². The summed E-state index contributed by atoms with van der Waals surface area (Å²) in [5.41, 5.74) is 0. The van der Waals surface area contributed by atoms with Crippen LogP contribution in [0.25, 0.3) is 0 Å². The molecule has 0 radical (unpaired) electrons. The van der Waals surface area contributed by atoms with Gasteiger partial charge in [0.05, 0.1) is 19.3 Å². The van der Waals surface area contributed by atoms with Crippen LogP contribution >= 0.6 is 0 Å². The van der Waals surface area contributed by atoms with Crippen molar-refractivity contribution in [3.63, 3.8) is 0 Å². The molecule has 1 heterocycles. The monoisotopic (exact) mass is 627 g/mol. The lowest BCUT2D eigenvalue weighted by atomic mass is 9.99. The summed E-state index contributed by atoms with van der Waals surface area (Å²) in [6.07, 6.45) is -8.55. The van der Waals surface area contributed by atoms with Crippen LogP contribution in [0, 0.1) is 142 Å². The van der Waals surface area contributed by atoms with Gasteiger partial charge in [0.2, 0.25) is 0 Å². The average Bonchev–Trinajstić information content (AvgIpc) is 3.06. The number of alkyl halides is 1. The van der Waals surface area contributed by atoms with Gasteiger partial charge < -0.3 is 35.2 Å². The Balaban J connectivity index is 2.61. The maximum Gasteiger partial charge on any atom is 0.297 e. The summed E-state index contributed by atoms with van der Waals surface area (Å²) >= 11 is 0. The molecular formula is C38H26FNO7. The zero-order valence-electron chi connectivity index (χ0n) is 25.3. The molecule has 1 amide bonds. The van der Waals surface area contributed by atoms with Crippen molar-refractivity contribution in [2.75, 3.05) is 13.2 Å². The molecule has 5 N–H and O–H groups in total. The fraction of sp³-hybridized carbons (Fsp3) is 0.342. The fourth-order valence-corrected chi connectivity index (χ4v) is 3.10. The second kappa shape index (κ2) is 25.2. The number of hydrogen-bond donors (Lipinski definition) is 5. The molecule has 0 spiro atoms. The Labute approximate surface area is 275 Å². The quantitative estimate of drug-likeness (QED) is 0.207. The van der Waals surface area contributed by atoms with Crippen molar-refractivity contribution in [2.24, 2.45) is 0 Å². The van der Waals surface area contributed by atoms with Crippen LogP contribution in [0.5, 0.6) is 0 Å². The Morgan fingerprint density at radius 1 is 0.723 bits per heavy atom. The molecule has 0 aliphatic carbocycles. The molecule has 1 rings (SSSR count). The van der Waals surface area contributed by atoms with E-state index in [1.54, 1.807) is 13.8 Å². The first-order valence-corrected chi connectivity index (χ1v) is 13.6. The predicted octanol–water partition coefficient (Wildman–Crippen LogP) is -1.51. The molecule has 0 aromatic carbocycles. The van der Waals surface area contributed by atoms with Crippen molar-refractivity contribution in [1.82, 2.24) is 5.32 Å². The molecule has 7 atom stereocenters. The molecule has 0 bridgehead atoms. The average molecular weight is 628 g/mol. The highest BCUT2D eigenvalue weighted by atomic mass is 19.1. The number of carbonyl (C=O) groups is 1. The van der Waals surface area contributed by atoms with E-state index >= 15 is 0 Å². The van der Waals surface area contributed by atoms with Gasteiger partial charge in [0, 0.05) is 41.4 Å². The second-order valence-corrected chi connectivity index (χ2v) is 8.54. The summed E-state index contributed by atoms with van der Waals surface area (Å²) in [5.74, 6) is 57.9. The summed E-state index contributed by atoms with van der Waals surface area (Å²) in [7, 11) is 0. The number of nitrogens with one attached hydrogen (secondary N) is 1. The summed E-state index contributed by atoms with van der Waals surface area (Å²) in [6.45, 7) is 2.32. The molecule has 0 saturated carbocycles. The van der Waals surface area contributed by atoms with Crippen molar-refractivity contribution >= 4 is 5.91 Å². The number of rotatable bonds is 8. The number of aliphatic hydroxyl groups excluding tert-OH is 4. The van der Waals surface area contributed by atoms with Gasteiger partial charge in [-0.1, -0.05) is 19.3 Å². The minimum Gasteiger partial charge on any atom is -0.394 e. The van der Waals surface area contributed by atoms with E-state index in [4.69, 9.17) is 9.47 Å². The number of hydrogen-bond acceptors (Lipinski definition) is 7. The highest BCUT2D eigenvalue weighted by molar-refractivity contribution is 5.94. The Hall–Kier alpha value is -6.12. The van der Waals surface area contributed by atoms with Crippen molar-refractivity contribution in [3.8, 4) is 142 Å². The topological polar surface area (TPSA) is 128 Å². The van der Waals surface area contributed by atoms with Crippen molar-refractivity contribution in [3.05, 3.63) is 0 Å². The number of ether oxygens (including phenoxy) is 2. The van der Waals surface area contributed by atoms with Crippen molar-refractivity contribution in [2.45, 2.75) is 69.6 Å². The fourth-order valence-electron chi connectivity index (χ4n) is 3.10. The summed E-state index contributed by atoms with van der Waals surface area (Å²) in [4.78, 5) is 12.2. The van der Waals surface area contributed by atoms with Crippen LogP contribution in [0.4, 0.5) is 4.39 Å². The Morgan fingerprint density at radius 2 is 1.15 bits per heavy atom. The molecule has 1 fully saturated rings. The number of amides is 1. The SMILES string of the molecule is CC#CC#CC#CC#CC#CC#CC#CC#CC#CC#CC#CC#CC(=O)N[C@@H](CO[C@H]1OC(CO)[C@H](O)[C@H](O)C1O)[C@H](F)CCC. The second-order valence-electron chi connectivity index (χ2n) is 8.54. The van der Waals surface area contributed by atoms with E-state index in [2.05, 4.69) is 147 Å². The van der Waals surface area contributed by atoms with Crippen LogP contribution in [0.1, 0.15) is 26.7 Å². The Kier molecular flexibility index (Phi) is 20.9. The lowest BCUT2D eigenvalue weighted by molar-refractivity contribution is -0.302. The molecule has 9 heteroatoms. The van der Waals surface area contributed by atoms with Gasteiger partial charge in [-0.15, -0.1) is 0 Å². The molecule has 1 aliphatic heterocycles. The van der Waals surface area contributed by atoms with E-state index in [9.17, 15) is 29.6 Å². The summed E-state index contributed by atoms with van der Waals surface area (Å²) in [5, 5.41) is 41.5. The van der Waals surface area contributed by atoms with Crippen LogP contribution in [0.3, 0.4) is 0 Å². The Bertz CT molecular complexity index is 1900. The van der Waals surface area contributed by atoms with Crippen LogP contribution in [0.2, 0.25) is 0 Å². The number of carbonyl (C=O) groups excluding carboxylic acids is 1. The van der Waals surface area contributed by atoms with Gasteiger partial charge in [-0.3, -0.25) is 4.79 Å². The molecular weight excluding hydrogens is 601 g/mol. The van der Waals surface area contributed by atoms with E-state index < -0.39 is 62.0 Å². The summed E-state index contributed by atoms with van der Waals surface area (Å²) in [6, 6.07) is -1.18. The van der Waals surface area contributed by atoms with Crippen molar-refractivity contribution < 1.29 is 39.1 Å². The van der Waals surface area contributed by atoms with E-state index in [0.29, 0.717) is 6.42 Å². The third-order valence-electron chi connectivity index (χ3n) is 5.22. The maximum atomic E-state index is 14.7. The van der Waals surface area contributed by atoms with E-state index in [1.165, 1.54) is 0 Å². The minimum atomic E-state index is -1.67. The lowest BCUT2D eigenvalue weighted by Crippen LogP contribution is -2.59. The van der Waals surface area contributed by atoms with Gasteiger partial charge in [-0.05, 0) is 108 Å². The van der Waals surface area contributed by atoms with E-state index in [1.807, 2.05) is 0 Å². The van der Waals surface area contributed by atoms with Crippen LogP contribution in [-0.2, 0) is 14.3 Å². The van der Waals surface area contributed by atoms with E-state index in [-0.39, 0.29) is 6.42 Å². The standard InChI is InChI=1S/C38H26FNO7/c1-3-5-6-7-8-9-10-11-12-13-14-15-16-17-18-19-20-21-22-23-24-25-26-28-34(42)40-32(31(39)27-4-2)30-46-38-37(45)36(44)35(43)33(29-41)47-38/h31-33,35-38,41,43-45H,4,27,29-30H2,1-2H3,(H,40,42)/t31-,32+,33?,35+,36+,37?,38+/m1/s1. The third-order valence-corrected chi connectivity index (χ3v) is 5.22. The smallest absolute Gasteiger partial charge is 0.297 e. The Morgan fingerprint density at radius 3 is 1.55 bits per heavy atom. The van der Waals surface area contributed by atoms with Gasteiger partial charge in [-0.2, -0.15) is 0 Å². The van der Waals surface area contributed by atoms with Gasteiger partial charge in [0.15, 0.2) is 6.29 Å². The van der Waals surface area contributed by atoms with Crippen LogP contribution in [-0.4, -0.2) is 82.5 Å². The molecule has 232 valence electrons. The van der Waals surface area contributed by atoms with Crippen LogP contribution in [0.15, 0.2) is 0 Å². The zero-order chi connectivity index (χ0) is 34.5. The molecule has 0 aromatic rings. The maximum absolute atomic E-state index is 14.7. The first-order valence-electron chi connectivity index (χ1n) is 13.6. The number of aliphatic hydroxyl groups is 4. The first kappa shape index (κ1) is 38.9. The van der Waals surface area contributed by atoms with Gasteiger partial charge >= 0.3 is 0 Å². The molecule has 1 saturated heterocycles. The molecule has 47 heavy (non-hydrogen) atoms. The van der Waals surface area contributed by atoms with Gasteiger partial charge in [0.1, 0.15) is 30.6 Å². The number of halogens is 1. The highest BCUT2D eigenvalue weighted by Gasteiger charge is 2.44. The van der Waals surface area contributed by atoms with Gasteiger partial charge in [0.25, 0.3) is 5.91 Å². The third kappa shape index (κ3) is 17.7. The van der Waals surface area contributed by atoms with Crippen molar-refractivity contribution in [1.29, 1.82) is 0 Å². The largest absolute Gasteiger partial charge is 0.394 e. The molecule has 2 unspecified atom stereocenters. The van der Waals surface area contributed by atoms with Gasteiger partial charge in [-0.25, -0.2) is 4.39 Å². The normalized spacial score (nSPS) is 18.7. The summed E-state index contributed by atoms with van der Waals surface area (Å²) < 4.78 is 25.3. The molecule has 8 nitrogen and oxygen atoms in total. The lowest BCUT2D eigenvalue weighted by Gasteiger charge is -2.40. The predicted molar refractivity (Wildman–Crippen MR) is 170 cm³/mol. The molecule has 1 aliphatic rings. The minimum absolute atomic E-state index is 0.0911.